The van der Waals surface area contributed by atoms with Crippen molar-refractivity contribution in [1.82, 2.24) is 10.3 Å². The molecular weight excluding hydrogens is 275 g/mol. The maximum absolute atomic E-state index is 12.0. The van der Waals surface area contributed by atoms with Gasteiger partial charge in [-0.3, -0.25) is 4.79 Å². The fraction of sp³-hybridized carbons (Fsp3) is 0.500. The van der Waals surface area contributed by atoms with Crippen molar-refractivity contribution in [3.05, 3.63) is 28.0 Å². The first-order chi connectivity index (χ1) is 8.56. The van der Waals surface area contributed by atoms with Crippen LogP contribution in [0.3, 0.4) is 0 Å². The average Bonchev–Trinajstić information content (AvgIpc) is 2.32. The van der Waals surface area contributed by atoms with Crippen LogP contribution in [-0.2, 0) is 0 Å². The maximum Gasteiger partial charge on any atom is 0.254 e. The number of aliphatic hydroxyl groups is 1. The molecule has 0 atom stereocenters. The number of carbonyl (C=O) groups is 1. The Bertz CT molecular complexity index is 446. The molecule has 0 radical (unpaired) electrons. The highest BCUT2D eigenvalue weighted by atomic mass is 35.5. The molecular formula is C12H14Cl2N2O2. The Morgan fingerprint density at radius 2 is 1.94 bits per heavy atom. The molecule has 1 fully saturated rings. The van der Waals surface area contributed by atoms with Crippen molar-refractivity contribution in [3.63, 3.8) is 0 Å². The van der Waals surface area contributed by atoms with E-state index in [4.69, 9.17) is 23.2 Å². The minimum Gasteiger partial charge on any atom is -0.393 e. The number of hydrogen-bond donors (Lipinski definition) is 2. The molecule has 1 aromatic heterocycles. The van der Waals surface area contributed by atoms with Gasteiger partial charge in [-0.05, 0) is 37.8 Å². The number of aromatic nitrogens is 1. The number of nitrogens with zero attached hydrogens (tertiary/aromatic N) is 1. The van der Waals surface area contributed by atoms with E-state index in [2.05, 4.69) is 10.3 Å². The zero-order valence-corrected chi connectivity index (χ0v) is 11.2. The Hall–Kier alpha value is -0.840. The Labute approximate surface area is 115 Å². The van der Waals surface area contributed by atoms with Crippen LogP contribution in [0.1, 0.15) is 36.0 Å². The van der Waals surface area contributed by atoms with Crippen LogP contribution < -0.4 is 5.32 Å². The Morgan fingerprint density at radius 1 is 1.28 bits per heavy atom. The molecule has 18 heavy (non-hydrogen) atoms. The second-order valence-corrected chi connectivity index (χ2v) is 5.20. The normalized spacial score (nSPS) is 23.7. The van der Waals surface area contributed by atoms with Gasteiger partial charge in [0.25, 0.3) is 5.91 Å². The van der Waals surface area contributed by atoms with Gasteiger partial charge in [-0.2, -0.15) is 0 Å². The van der Waals surface area contributed by atoms with E-state index < -0.39 is 0 Å². The number of halogens is 2. The lowest BCUT2D eigenvalue weighted by Gasteiger charge is -2.26. The van der Waals surface area contributed by atoms with E-state index in [1.54, 1.807) is 6.07 Å². The molecule has 1 heterocycles. The smallest absolute Gasteiger partial charge is 0.254 e. The number of nitrogens with one attached hydrogen (secondary N) is 1. The summed E-state index contributed by atoms with van der Waals surface area (Å²) in [7, 11) is 0. The summed E-state index contributed by atoms with van der Waals surface area (Å²) in [5, 5.41) is 12.7. The number of amides is 1. The van der Waals surface area contributed by atoms with E-state index in [1.165, 1.54) is 6.07 Å². The molecule has 0 aliphatic heterocycles. The number of hydrogen-bond acceptors (Lipinski definition) is 3. The number of aliphatic hydroxyl groups excluding tert-OH is 1. The van der Waals surface area contributed by atoms with E-state index in [0.717, 1.165) is 25.7 Å². The minimum atomic E-state index is -0.245. The first-order valence-corrected chi connectivity index (χ1v) is 6.63. The number of rotatable bonds is 2. The average molecular weight is 289 g/mol. The van der Waals surface area contributed by atoms with Crippen LogP contribution in [-0.4, -0.2) is 28.1 Å². The van der Waals surface area contributed by atoms with E-state index >= 15 is 0 Å². The summed E-state index contributed by atoms with van der Waals surface area (Å²) in [5.74, 6) is -0.245. The first-order valence-electron chi connectivity index (χ1n) is 5.87. The predicted octanol–water partition coefficient (Wildman–Crippen LogP) is 2.42. The SMILES string of the molecule is O=C(NC1CCC(O)CC1)c1ccc(Cl)nc1Cl. The van der Waals surface area contributed by atoms with Crippen molar-refractivity contribution >= 4 is 29.1 Å². The van der Waals surface area contributed by atoms with Gasteiger partial charge in [-0.1, -0.05) is 23.2 Å². The third kappa shape index (κ3) is 3.34. The third-order valence-corrected chi connectivity index (χ3v) is 3.59. The summed E-state index contributed by atoms with van der Waals surface area (Å²) in [6, 6.07) is 3.19. The van der Waals surface area contributed by atoms with Crippen LogP contribution >= 0.6 is 23.2 Å². The molecule has 0 saturated heterocycles. The molecule has 2 N–H and O–H groups in total. The summed E-state index contributed by atoms with van der Waals surface area (Å²) < 4.78 is 0. The van der Waals surface area contributed by atoms with Crippen LogP contribution in [0.15, 0.2) is 12.1 Å². The molecule has 1 aliphatic rings. The largest absolute Gasteiger partial charge is 0.393 e. The van der Waals surface area contributed by atoms with E-state index in [9.17, 15) is 9.90 Å². The molecule has 0 aromatic carbocycles. The quantitative estimate of drug-likeness (QED) is 0.822. The predicted molar refractivity (Wildman–Crippen MR) is 70.0 cm³/mol. The lowest BCUT2D eigenvalue weighted by atomic mass is 9.93. The van der Waals surface area contributed by atoms with Crippen LogP contribution in [0.5, 0.6) is 0 Å². The van der Waals surface area contributed by atoms with E-state index in [0.29, 0.717) is 5.56 Å². The Morgan fingerprint density at radius 3 is 2.56 bits per heavy atom. The summed E-state index contributed by atoms with van der Waals surface area (Å²) >= 11 is 11.5. The highest BCUT2D eigenvalue weighted by molar-refractivity contribution is 6.34. The fourth-order valence-electron chi connectivity index (χ4n) is 2.06. The molecule has 4 nitrogen and oxygen atoms in total. The fourth-order valence-corrected chi connectivity index (χ4v) is 2.50. The zero-order chi connectivity index (χ0) is 13.1. The zero-order valence-electron chi connectivity index (χ0n) is 9.70. The minimum absolute atomic E-state index is 0.0904. The highest BCUT2D eigenvalue weighted by Gasteiger charge is 2.22. The lowest BCUT2D eigenvalue weighted by molar-refractivity contribution is 0.0867. The van der Waals surface area contributed by atoms with Crippen LogP contribution in [0.4, 0.5) is 0 Å². The standard InChI is InChI=1S/C12H14Cl2N2O2/c13-10-6-5-9(11(14)16-10)12(18)15-7-1-3-8(17)4-2-7/h5-8,17H,1-4H2,(H,15,18). The van der Waals surface area contributed by atoms with Gasteiger partial charge in [0.05, 0.1) is 11.7 Å². The highest BCUT2D eigenvalue weighted by Crippen LogP contribution is 2.20. The molecule has 0 unspecified atom stereocenters. The van der Waals surface area contributed by atoms with Gasteiger partial charge in [-0.15, -0.1) is 0 Å². The summed E-state index contributed by atoms with van der Waals surface area (Å²) in [4.78, 5) is 15.8. The molecule has 6 heteroatoms. The van der Waals surface area contributed by atoms with Crippen LogP contribution in [0.2, 0.25) is 10.3 Å². The van der Waals surface area contributed by atoms with Crippen LogP contribution in [0.25, 0.3) is 0 Å². The molecule has 0 spiro atoms. The molecule has 1 aliphatic carbocycles. The molecule has 2 rings (SSSR count). The first kappa shape index (κ1) is 13.6. The van der Waals surface area contributed by atoms with E-state index in [-0.39, 0.29) is 28.4 Å². The maximum atomic E-state index is 12.0. The molecule has 0 bridgehead atoms. The second kappa shape index (κ2) is 5.87. The van der Waals surface area contributed by atoms with Crippen molar-refractivity contribution in [2.45, 2.75) is 37.8 Å². The number of carbonyl (C=O) groups excluding carboxylic acids is 1. The van der Waals surface area contributed by atoms with Gasteiger partial charge in [0.15, 0.2) is 0 Å². The molecule has 1 amide bonds. The van der Waals surface area contributed by atoms with Crippen molar-refractivity contribution in [3.8, 4) is 0 Å². The second-order valence-electron chi connectivity index (χ2n) is 4.45. The molecule has 1 aromatic rings. The number of pyridine rings is 1. The monoisotopic (exact) mass is 288 g/mol. The summed E-state index contributed by atoms with van der Waals surface area (Å²) in [5.41, 5.74) is 0.326. The van der Waals surface area contributed by atoms with Gasteiger partial charge >= 0.3 is 0 Å². The van der Waals surface area contributed by atoms with Crippen molar-refractivity contribution < 1.29 is 9.90 Å². The lowest BCUT2D eigenvalue weighted by Crippen LogP contribution is -2.38. The van der Waals surface area contributed by atoms with Gasteiger partial charge in [0, 0.05) is 6.04 Å². The van der Waals surface area contributed by atoms with Gasteiger partial charge in [-0.25, -0.2) is 4.98 Å². The van der Waals surface area contributed by atoms with Gasteiger partial charge in [0.1, 0.15) is 10.3 Å². The van der Waals surface area contributed by atoms with Crippen molar-refractivity contribution in [2.75, 3.05) is 0 Å². The van der Waals surface area contributed by atoms with Gasteiger partial charge < -0.3 is 10.4 Å². The van der Waals surface area contributed by atoms with Crippen molar-refractivity contribution in [2.24, 2.45) is 0 Å². The summed E-state index contributed by atoms with van der Waals surface area (Å²) in [6.07, 6.45) is 2.77. The van der Waals surface area contributed by atoms with Crippen LogP contribution in [0, 0.1) is 0 Å². The Balaban J connectivity index is 1.99. The third-order valence-electron chi connectivity index (χ3n) is 3.09. The Kier molecular flexibility index (Phi) is 4.43. The summed E-state index contributed by atoms with van der Waals surface area (Å²) in [6.45, 7) is 0. The van der Waals surface area contributed by atoms with Gasteiger partial charge in [0.2, 0.25) is 0 Å². The van der Waals surface area contributed by atoms with E-state index in [1.807, 2.05) is 0 Å². The molecule has 98 valence electrons. The van der Waals surface area contributed by atoms with Crippen molar-refractivity contribution in [1.29, 1.82) is 0 Å². The topological polar surface area (TPSA) is 62.2 Å². The molecule has 1 saturated carbocycles.